The topological polar surface area (TPSA) is 71.1 Å². The summed E-state index contributed by atoms with van der Waals surface area (Å²) >= 11 is 0. The third-order valence-corrected chi connectivity index (χ3v) is 4.15. The first kappa shape index (κ1) is 19.2. The van der Waals surface area contributed by atoms with Crippen LogP contribution in [0.25, 0.3) is 10.8 Å². The van der Waals surface area contributed by atoms with Gasteiger partial charge in [-0.15, -0.1) is 0 Å². The van der Waals surface area contributed by atoms with Gasteiger partial charge in [0.05, 0.1) is 19.8 Å². The molecule has 0 saturated carbocycles. The van der Waals surface area contributed by atoms with Crippen LogP contribution in [0.3, 0.4) is 0 Å². The Morgan fingerprint density at radius 2 is 1.54 bits per heavy atom. The van der Waals surface area contributed by atoms with E-state index in [2.05, 4.69) is 0 Å². The molecule has 0 aliphatic heterocycles. The van der Waals surface area contributed by atoms with Gasteiger partial charge in [0, 0.05) is 6.07 Å². The number of ether oxygens (including phenoxy) is 4. The summed E-state index contributed by atoms with van der Waals surface area (Å²) in [6, 6.07) is 18.2. The highest BCUT2D eigenvalue weighted by Crippen LogP contribution is 2.25. The normalized spacial score (nSPS) is 10.4. The van der Waals surface area contributed by atoms with E-state index in [1.54, 1.807) is 24.3 Å². The highest BCUT2D eigenvalue weighted by atomic mass is 16.6. The van der Waals surface area contributed by atoms with Crippen LogP contribution in [0.1, 0.15) is 10.4 Å². The van der Waals surface area contributed by atoms with Crippen molar-refractivity contribution in [3.63, 3.8) is 0 Å². The van der Waals surface area contributed by atoms with Gasteiger partial charge in [-0.05, 0) is 35.0 Å². The molecule has 0 fully saturated rings. The Hall–Kier alpha value is -3.54. The molecule has 3 rings (SSSR count). The Kier molecular flexibility index (Phi) is 6.11. The number of carbonyl (C=O) groups is 2. The van der Waals surface area contributed by atoms with E-state index in [4.69, 9.17) is 18.9 Å². The van der Waals surface area contributed by atoms with Crippen molar-refractivity contribution in [2.75, 3.05) is 27.4 Å². The van der Waals surface area contributed by atoms with Gasteiger partial charge in [0.2, 0.25) is 5.78 Å². The minimum atomic E-state index is -0.631. The van der Waals surface area contributed by atoms with Gasteiger partial charge in [-0.3, -0.25) is 4.79 Å². The van der Waals surface area contributed by atoms with Crippen LogP contribution in [0.4, 0.5) is 0 Å². The van der Waals surface area contributed by atoms with Gasteiger partial charge >= 0.3 is 5.97 Å². The molecular formula is C22H20O6. The Morgan fingerprint density at radius 1 is 0.786 bits per heavy atom. The van der Waals surface area contributed by atoms with E-state index in [-0.39, 0.29) is 12.4 Å². The molecule has 28 heavy (non-hydrogen) atoms. The third-order valence-electron chi connectivity index (χ3n) is 4.15. The largest absolute Gasteiger partial charge is 0.497 e. The zero-order valence-corrected chi connectivity index (χ0v) is 15.6. The molecule has 0 amide bonds. The molecule has 3 aromatic carbocycles. The molecular weight excluding hydrogens is 360 g/mol. The molecule has 0 N–H and O–H groups in total. The zero-order chi connectivity index (χ0) is 19.9. The number of carbonyl (C=O) groups excluding carboxylic acids is 2. The van der Waals surface area contributed by atoms with Crippen LogP contribution in [0.5, 0.6) is 17.2 Å². The second-order valence-corrected chi connectivity index (χ2v) is 5.95. The first-order chi connectivity index (χ1) is 13.6. The van der Waals surface area contributed by atoms with E-state index in [0.717, 1.165) is 10.8 Å². The molecule has 0 aliphatic rings. The predicted octanol–water partition coefficient (Wildman–Crippen LogP) is 3.66. The summed E-state index contributed by atoms with van der Waals surface area (Å²) in [5.74, 6) is 0.466. The average molecular weight is 380 g/mol. The Morgan fingerprint density at radius 3 is 2.29 bits per heavy atom. The standard InChI is InChI=1S/C22H20O6/c1-25-17-9-10-19(21(12-17)26-2)20(23)13-28-22(24)14-27-18-8-7-15-5-3-4-6-16(15)11-18/h3-12H,13-14H2,1-2H3. The monoisotopic (exact) mass is 380 g/mol. The number of Topliss-reactive ketones (excluding diaryl/α,β-unsaturated/α-hetero) is 1. The van der Waals surface area contributed by atoms with Crippen molar-refractivity contribution in [3.05, 3.63) is 66.2 Å². The number of methoxy groups -OCH3 is 2. The van der Waals surface area contributed by atoms with Gasteiger partial charge in [0.15, 0.2) is 13.2 Å². The number of benzene rings is 3. The van der Waals surface area contributed by atoms with Crippen LogP contribution < -0.4 is 14.2 Å². The fourth-order valence-corrected chi connectivity index (χ4v) is 2.69. The van der Waals surface area contributed by atoms with Crippen LogP contribution in [-0.4, -0.2) is 39.2 Å². The number of ketones is 1. The summed E-state index contributed by atoms with van der Waals surface area (Å²) in [7, 11) is 2.97. The van der Waals surface area contributed by atoms with Crippen molar-refractivity contribution < 1.29 is 28.5 Å². The molecule has 6 heteroatoms. The van der Waals surface area contributed by atoms with Gasteiger partial charge in [-0.1, -0.05) is 30.3 Å². The first-order valence-corrected chi connectivity index (χ1v) is 8.63. The van der Waals surface area contributed by atoms with Crippen molar-refractivity contribution in [2.45, 2.75) is 0 Å². The molecule has 6 nitrogen and oxygen atoms in total. The van der Waals surface area contributed by atoms with E-state index in [1.165, 1.54) is 14.2 Å². The molecule has 0 unspecified atom stereocenters. The smallest absolute Gasteiger partial charge is 0.344 e. The molecule has 0 aromatic heterocycles. The first-order valence-electron chi connectivity index (χ1n) is 8.63. The van der Waals surface area contributed by atoms with Crippen LogP contribution >= 0.6 is 0 Å². The van der Waals surface area contributed by atoms with E-state index >= 15 is 0 Å². The van der Waals surface area contributed by atoms with Gasteiger partial charge in [0.25, 0.3) is 0 Å². The molecule has 3 aromatic rings. The molecule has 0 bridgehead atoms. The molecule has 144 valence electrons. The summed E-state index contributed by atoms with van der Waals surface area (Å²) < 4.78 is 20.8. The number of esters is 1. The quantitative estimate of drug-likeness (QED) is 0.439. The maximum absolute atomic E-state index is 12.3. The van der Waals surface area contributed by atoms with Crippen molar-refractivity contribution >= 4 is 22.5 Å². The van der Waals surface area contributed by atoms with E-state index in [9.17, 15) is 9.59 Å². The van der Waals surface area contributed by atoms with Crippen molar-refractivity contribution in [1.29, 1.82) is 0 Å². The van der Waals surface area contributed by atoms with E-state index in [0.29, 0.717) is 22.8 Å². The third kappa shape index (κ3) is 4.59. The Labute approximate surface area is 162 Å². The van der Waals surface area contributed by atoms with Gasteiger partial charge in [0.1, 0.15) is 17.2 Å². The SMILES string of the molecule is COc1ccc(C(=O)COC(=O)COc2ccc3ccccc3c2)c(OC)c1. The summed E-state index contributed by atoms with van der Waals surface area (Å²) in [4.78, 5) is 24.2. The molecule has 0 radical (unpaired) electrons. The minimum absolute atomic E-state index is 0.286. The van der Waals surface area contributed by atoms with Gasteiger partial charge in [-0.25, -0.2) is 4.79 Å². The Balaban J connectivity index is 1.54. The van der Waals surface area contributed by atoms with Crippen molar-refractivity contribution in [1.82, 2.24) is 0 Å². The van der Waals surface area contributed by atoms with Crippen LogP contribution in [0.2, 0.25) is 0 Å². The zero-order valence-electron chi connectivity index (χ0n) is 15.6. The molecule has 0 heterocycles. The number of hydrogen-bond acceptors (Lipinski definition) is 6. The molecule has 0 aliphatic carbocycles. The lowest BCUT2D eigenvalue weighted by Gasteiger charge is -2.10. The average Bonchev–Trinajstić information content (AvgIpc) is 2.75. The van der Waals surface area contributed by atoms with Crippen molar-refractivity contribution in [2.24, 2.45) is 0 Å². The highest BCUT2D eigenvalue weighted by molar-refractivity contribution is 6.00. The second kappa shape index (κ2) is 8.90. The summed E-state index contributed by atoms with van der Waals surface area (Å²) in [5, 5.41) is 2.09. The fourth-order valence-electron chi connectivity index (χ4n) is 2.69. The number of rotatable bonds is 8. The number of fused-ring (bicyclic) bond motifs is 1. The van der Waals surface area contributed by atoms with E-state index < -0.39 is 12.6 Å². The molecule has 0 spiro atoms. The van der Waals surface area contributed by atoms with Crippen LogP contribution in [0.15, 0.2) is 60.7 Å². The molecule has 0 saturated heterocycles. The lowest BCUT2D eigenvalue weighted by molar-refractivity contribution is -0.144. The maximum atomic E-state index is 12.3. The summed E-state index contributed by atoms with van der Waals surface area (Å²) in [5.41, 5.74) is 0.312. The van der Waals surface area contributed by atoms with Crippen LogP contribution in [0, 0.1) is 0 Å². The molecule has 0 atom stereocenters. The lowest BCUT2D eigenvalue weighted by Crippen LogP contribution is -2.19. The van der Waals surface area contributed by atoms with E-state index in [1.807, 2.05) is 36.4 Å². The summed E-state index contributed by atoms with van der Waals surface area (Å²) in [6.07, 6.45) is 0. The highest BCUT2D eigenvalue weighted by Gasteiger charge is 2.16. The number of hydrogen-bond donors (Lipinski definition) is 0. The minimum Gasteiger partial charge on any atom is -0.497 e. The Bertz CT molecular complexity index is 995. The van der Waals surface area contributed by atoms with Crippen molar-refractivity contribution in [3.8, 4) is 17.2 Å². The lowest BCUT2D eigenvalue weighted by atomic mass is 10.1. The fraction of sp³-hybridized carbons (Fsp3) is 0.182. The second-order valence-electron chi connectivity index (χ2n) is 5.95. The van der Waals surface area contributed by atoms with Gasteiger partial charge in [-0.2, -0.15) is 0 Å². The van der Waals surface area contributed by atoms with Gasteiger partial charge < -0.3 is 18.9 Å². The predicted molar refractivity (Wildman–Crippen MR) is 104 cm³/mol. The summed E-state index contributed by atoms with van der Waals surface area (Å²) in [6.45, 7) is -0.687. The van der Waals surface area contributed by atoms with Crippen LogP contribution in [-0.2, 0) is 9.53 Å². The maximum Gasteiger partial charge on any atom is 0.344 e.